The van der Waals surface area contributed by atoms with E-state index in [2.05, 4.69) is 17.1 Å². The molecule has 20 heavy (non-hydrogen) atoms. The minimum atomic E-state index is -0.157. The van der Waals surface area contributed by atoms with Crippen molar-refractivity contribution < 1.29 is 4.79 Å². The van der Waals surface area contributed by atoms with E-state index in [9.17, 15) is 4.79 Å². The van der Waals surface area contributed by atoms with Gasteiger partial charge >= 0.3 is 0 Å². The van der Waals surface area contributed by atoms with Crippen LogP contribution < -0.4 is 11.1 Å². The van der Waals surface area contributed by atoms with Crippen LogP contribution in [0.4, 0.5) is 5.69 Å². The lowest BCUT2D eigenvalue weighted by atomic mass is 10.1. The maximum atomic E-state index is 12.1. The number of likely N-dealkylation sites (tertiary alicyclic amines) is 1. The first-order valence-corrected chi connectivity index (χ1v) is 7.50. The van der Waals surface area contributed by atoms with E-state index in [1.807, 2.05) is 0 Å². The topological polar surface area (TPSA) is 58.4 Å². The summed E-state index contributed by atoms with van der Waals surface area (Å²) < 4.78 is 0. The van der Waals surface area contributed by atoms with Crippen LogP contribution >= 0.6 is 11.6 Å². The second-order valence-corrected chi connectivity index (χ2v) is 5.91. The van der Waals surface area contributed by atoms with Gasteiger partial charge in [0.15, 0.2) is 0 Å². The Balaban J connectivity index is 1.83. The Bertz CT molecular complexity index is 472. The molecule has 3 N–H and O–H groups in total. The highest BCUT2D eigenvalue weighted by Crippen LogP contribution is 2.22. The predicted octanol–water partition coefficient (Wildman–Crippen LogP) is 2.38. The van der Waals surface area contributed by atoms with Crippen LogP contribution in [0.5, 0.6) is 0 Å². The molecule has 1 aromatic rings. The molecule has 2 rings (SSSR count). The number of nitrogens with zero attached hydrogens (tertiary/aromatic N) is 1. The van der Waals surface area contributed by atoms with Crippen molar-refractivity contribution in [3.8, 4) is 0 Å². The van der Waals surface area contributed by atoms with Crippen LogP contribution in [-0.4, -0.2) is 37.0 Å². The lowest BCUT2D eigenvalue weighted by molar-refractivity contribution is 0.0945. The van der Waals surface area contributed by atoms with Crippen LogP contribution in [0.3, 0.4) is 0 Å². The first-order chi connectivity index (χ1) is 9.58. The molecular weight excluding hydrogens is 274 g/mol. The SMILES string of the molecule is CC(CNC(=O)c1cccc(N)c1Cl)CN1CCCC1. The van der Waals surface area contributed by atoms with Crippen LogP contribution in [0.2, 0.25) is 5.02 Å². The summed E-state index contributed by atoms with van der Waals surface area (Å²) in [5.74, 6) is 0.271. The molecule has 0 aliphatic carbocycles. The van der Waals surface area contributed by atoms with Gasteiger partial charge in [0.05, 0.1) is 16.3 Å². The van der Waals surface area contributed by atoms with Crippen LogP contribution in [0.25, 0.3) is 0 Å². The van der Waals surface area contributed by atoms with Gasteiger partial charge in [-0.15, -0.1) is 0 Å². The molecule has 0 bridgehead atoms. The Morgan fingerprint density at radius 3 is 2.85 bits per heavy atom. The van der Waals surface area contributed by atoms with Gasteiger partial charge in [-0.05, 0) is 44.0 Å². The third kappa shape index (κ3) is 3.87. The van der Waals surface area contributed by atoms with E-state index < -0.39 is 0 Å². The van der Waals surface area contributed by atoms with Gasteiger partial charge < -0.3 is 16.0 Å². The van der Waals surface area contributed by atoms with Crippen molar-refractivity contribution >= 4 is 23.2 Å². The number of halogens is 1. The van der Waals surface area contributed by atoms with Gasteiger partial charge in [0.2, 0.25) is 0 Å². The Morgan fingerprint density at radius 2 is 2.15 bits per heavy atom. The Morgan fingerprint density at radius 1 is 1.45 bits per heavy atom. The Kier molecular flexibility index (Phi) is 5.26. The first-order valence-electron chi connectivity index (χ1n) is 7.12. The van der Waals surface area contributed by atoms with Crippen molar-refractivity contribution in [3.63, 3.8) is 0 Å². The molecule has 1 aromatic carbocycles. The minimum Gasteiger partial charge on any atom is -0.398 e. The van der Waals surface area contributed by atoms with Crippen molar-refractivity contribution in [2.24, 2.45) is 5.92 Å². The van der Waals surface area contributed by atoms with Gasteiger partial charge in [-0.3, -0.25) is 4.79 Å². The largest absolute Gasteiger partial charge is 0.398 e. The number of nitrogens with one attached hydrogen (secondary N) is 1. The quantitative estimate of drug-likeness (QED) is 0.820. The maximum Gasteiger partial charge on any atom is 0.252 e. The fourth-order valence-corrected chi connectivity index (χ4v) is 2.77. The van der Waals surface area contributed by atoms with E-state index in [1.165, 1.54) is 25.9 Å². The summed E-state index contributed by atoms with van der Waals surface area (Å²) in [6.45, 7) is 6.20. The van der Waals surface area contributed by atoms with E-state index in [1.54, 1.807) is 18.2 Å². The molecule has 1 aliphatic heterocycles. The number of anilines is 1. The number of benzene rings is 1. The lowest BCUT2D eigenvalue weighted by Gasteiger charge is -2.20. The molecule has 0 spiro atoms. The Hall–Kier alpha value is -1.26. The van der Waals surface area contributed by atoms with E-state index in [-0.39, 0.29) is 5.91 Å². The van der Waals surface area contributed by atoms with Crippen LogP contribution in [0.1, 0.15) is 30.1 Å². The molecule has 4 nitrogen and oxygen atoms in total. The third-order valence-corrected chi connectivity index (χ3v) is 4.07. The molecule has 110 valence electrons. The molecule has 0 aromatic heterocycles. The molecule has 1 amide bonds. The van der Waals surface area contributed by atoms with E-state index in [0.717, 1.165) is 6.54 Å². The van der Waals surface area contributed by atoms with Crippen molar-refractivity contribution in [3.05, 3.63) is 28.8 Å². The number of nitrogens with two attached hydrogens (primary N) is 1. The average molecular weight is 296 g/mol. The molecule has 1 heterocycles. The van der Waals surface area contributed by atoms with E-state index in [0.29, 0.717) is 28.7 Å². The summed E-state index contributed by atoms with van der Waals surface area (Å²) in [5.41, 5.74) is 6.58. The van der Waals surface area contributed by atoms with Gasteiger partial charge in [0, 0.05) is 13.1 Å². The van der Waals surface area contributed by atoms with Crippen LogP contribution in [0.15, 0.2) is 18.2 Å². The second kappa shape index (κ2) is 6.95. The highest BCUT2D eigenvalue weighted by Gasteiger charge is 2.16. The van der Waals surface area contributed by atoms with Gasteiger partial charge in [0.25, 0.3) is 5.91 Å². The van der Waals surface area contributed by atoms with E-state index >= 15 is 0 Å². The zero-order valence-corrected chi connectivity index (χ0v) is 12.6. The molecule has 1 fully saturated rings. The maximum absolute atomic E-state index is 12.1. The molecular formula is C15H22ClN3O. The molecule has 1 atom stereocenters. The van der Waals surface area contributed by atoms with Crippen molar-refractivity contribution in [2.75, 3.05) is 31.9 Å². The zero-order valence-electron chi connectivity index (χ0n) is 11.9. The molecule has 0 saturated carbocycles. The number of nitrogen functional groups attached to an aromatic ring is 1. The third-order valence-electron chi connectivity index (χ3n) is 3.65. The van der Waals surface area contributed by atoms with Gasteiger partial charge in [-0.1, -0.05) is 24.6 Å². The lowest BCUT2D eigenvalue weighted by Crippen LogP contribution is -2.34. The number of hydrogen-bond acceptors (Lipinski definition) is 3. The summed E-state index contributed by atoms with van der Waals surface area (Å²) in [5, 5.41) is 3.27. The zero-order chi connectivity index (χ0) is 14.5. The normalized spacial score (nSPS) is 17.1. The number of rotatable bonds is 5. The van der Waals surface area contributed by atoms with Crippen molar-refractivity contribution in [1.29, 1.82) is 0 Å². The molecule has 1 unspecified atom stereocenters. The van der Waals surface area contributed by atoms with Crippen LogP contribution in [-0.2, 0) is 0 Å². The number of carbonyl (C=O) groups is 1. The Labute approximate surface area is 125 Å². The summed E-state index contributed by atoms with van der Waals surface area (Å²) in [4.78, 5) is 14.5. The van der Waals surface area contributed by atoms with Crippen molar-refractivity contribution in [1.82, 2.24) is 10.2 Å². The van der Waals surface area contributed by atoms with E-state index in [4.69, 9.17) is 17.3 Å². The summed E-state index contributed by atoms with van der Waals surface area (Å²) in [6, 6.07) is 5.12. The predicted molar refractivity (Wildman–Crippen MR) is 83.0 cm³/mol. The highest BCUT2D eigenvalue weighted by atomic mass is 35.5. The first kappa shape index (κ1) is 15.1. The van der Waals surface area contributed by atoms with Gasteiger partial charge in [0.1, 0.15) is 0 Å². The summed E-state index contributed by atoms with van der Waals surface area (Å²) in [7, 11) is 0. The highest BCUT2D eigenvalue weighted by molar-refractivity contribution is 6.36. The smallest absolute Gasteiger partial charge is 0.252 e. The molecule has 5 heteroatoms. The molecule has 0 radical (unpaired) electrons. The molecule has 1 saturated heterocycles. The number of hydrogen-bond donors (Lipinski definition) is 2. The second-order valence-electron chi connectivity index (χ2n) is 5.53. The number of carbonyl (C=O) groups excluding carboxylic acids is 1. The minimum absolute atomic E-state index is 0.157. The van der Waals surface area contributed by atoms with Crippen molar-refractivity contribution in [2.45, 2.75) is 19.8 Å². The fraction of sp³-hybridized carbons (Fsp3) is 0.533. The molecule has 1 aliphatic rings. The number of amides is 1. The summed E-state index contributed by atoms with van der Waals surface area (Å²) >= 11 is 6.05. The van der Waals surface area contributed by atoms with Crippen LogP contribution in [0, 0.1) is 5.92 Å². The monoisotopic (exact) mass is 295 g/mol. The summed E-state index contributed by atoms with van der Waals surface area (Å²) in [6.07, 6.45) is 2.58. The average Bonchev–Trinajstić information content (AvgIpc) is 2.92. The standard InChI is InChI=1S/C15H22ClN3O/c1-11(10-19-7-2-3-8-19)9-18-15(20)12-5-4-6-13(17)14(12)16/h4-6,11H,2-3,7-10,17H2,1H3,(H,18,20). The van der Waals surface area contributed by atoms with Gasteiger partial charge in [-0.2, -0.15) is 0 Å². The fourth-order valence-electron chi connectivity index (χ4n) is 2.56. The van der Waals surface area contributed by atoms with Gasteiger partial charge in [-0.25, -0.2) is 0 Å².